The summed E-state index contributed by atoms with van der Waals surface area (Å²) in [6.07, 6.45) is 0.540. The van der Waals surface area contributed by atoms with E-state index < -0.39 is 11.7 Å². The van der Waals surface area contributed by atoms with Gasteiger partial charge in [0.15, 0.2) is 0 Å². The maximum Gasteiger partial charge on any atom is 0.126 e. The molecule has 164 valence electrons. The lowest BCUT2D eigenvalue weighted by Gasteiger charge is -2.38. The van der Waals surface area contributed by atoms with Crippen LogP contribution in [-0.4, -0.2) is 66.7 Å². The topological polar surface area (TPSA) is 88.2 Å². The van der Waals surface area contributed by atoms with Gasteiger partial charge in [-0.2, -0.15) is 0 Å². The Morgan fingerprint density at radius 1 is 1.13 bits per heavy atom. The van der Waals surface area contributed by atoms with Crippen molar-refractivity contribution in [2.45, 2.75) is 31.5 Å². The minimum absolute atomic E-state index is 0.132. The lowest BCUT2D eigenvalue weighted by molar-refractivity contribution is -0.0265. The van der Waals surface area contributed by atoms with E-state index in [1.807, 2.05) is 12.1 Å². The zero-order chi connectivity index (χ0) is 21.7. The van der Waals surface area contributed by atoms with E-state index in [2.05, 4.69) is 4.90 Å². The highest BCUT2D eigenvalue weighted by atomic mass is 19.1. The predicted octanol–water partition coefficient (Wildman–Crippen LogP) is 2.34. The van der Waals surface area contributed by atoms with Crippen molar-refractivity contribution in [3.05, 3.63) is 47.8 Å². The number of aliphatic hydroxyl groups is 2. The number of hydrogen-bond donors (Lipinski definition) is 3. The summed E-state index contributed by atoms with van der Waals surface area (Å²) in [6.45, 7) is 3.97. The average Bonchev–Trinajstić information content (AvgIpc) is 2.75. The normalized spacial score (nSPS) is 17.5. The number of methoxy groups -OCH3 is 1. The van der Waals surface area contributed by atoms with Crippen molar-refractivity contribution in [1.29, 1.82) is 0 Å². The summed E-state index contributed by atoms with van der Waals surface area (Å²) < 4.78 is 24.8. The van der Waals surface area contributed by atoms with Gasteiger partial charge in [-0.3, -0.25) is 0 Å². The van der Waals surface area contributed by atoms with E-state index in [9.17, 15) is 14.6 Å². The van der Waals surface area contributed by atoms with E-state index in [0.29, 0.717) is 49.5 Å². The number of β-amino-alcohol motifs (C(OH)–C–C–N with tert-alkyl or cyclic N) is 1. The summed E-state index contributed by atoms with van der Waals surface area (Å²) >= 11 is 0. The molecule has 1 saturated heterocycles. The van der Waals surface area contributed by atoms with Gasteiger partial charge in [0.2, 0.25) is 0 Å². The molecule has 0 aromatic heterocycles. The zero-order valence-electron chi connectivity index (χ0n) is 17.6. The van der Waals surface area contributed by atoms with Crippen LogP contribution in [0.4, 0.5) is 4.39 Å². The van der Waals surface area contributed by atoms with Crippen LogP contribution in [0.2, 0.25) is 0 Å². The van der Waals surface area contributed by atoms with Crippen LogP contribution in [0.5, 0.6) is 11.5 Å². The van der Waals surface area contributed by atoms with Gasteiger partial charge in [-0.15, -0.1) is 0 Å². The van der Waals surface area contributed by atoms with Gasteiger partial charge < -0.3 is 30.3 Å². The monoisotopic (exact) mass is 418 g/mol. The van der Waals surface area contributed by atoms with E-state index in [4.69, 9.17) is 15.2 Å². The molecular formula is C23H31FN2O4. The molecule has 1 unspecified atom stereocenters. The fourth-order valence-electron chi connectivity index (χ4n) is 3.66. The van der Waals surface area contributed by atoms with Gasteiger partial charge in [0.1, 0.15) is 30.0 Å². The molecule has 2 aromatic rings. The van der Waals surface area contributed by atoms with Gasteiger partial charge in [-0.1, -0.05) is 6.07 Å². The highest BCUT2D eigenvalue weighted by Crippen LogP contribution is 2.31. The van der Waals surface area contributed by atoms with E-state index in [-0.39, 0.29) is 19.0 Å². The largest absolute Gasteiger partial charge is 0.497 e. The number of ether oxygens (including phenoxy) is 2. The minimum atomic E-state index is -0.784. The Hall–Kier alpha value is -2.19. The molecule has 6 nitrogen and oxygen atoms in total. The molecular weight excluding hydrogens is 387 g/mol. The second-order valence-electron chi connectivity index (χ2n) is 8.06. The third-order valence-electron chi connectivity index (χ3n) is 5.69. The molecule has 1 aliphatic rings. The number of halogens is 1. The van der Waals surface area contributed by atoms with Gasteiger partial charge in [-0.05, 0) is 60.7 Å². The van der Waals surface area contributed by atoms with Crippen molar-refractivity contribution in [2.24, 2.45) is 5.73 Å². The van der Waals surface area contributed by atoms with Gasteiger partial charge in [0.05, 0.1) is 12.7 Å². The number of rotatable bonds is 8. The molecule has 0 amide bonds. The van der Waals surface area contributed by atoms with Crippen LogP contribution in [0.15, 0.2) is 36.4 Å². The molecule has 0 aliphatic carbocycles. The van der Waals surface area contributed by atoms with Crippen LogP contribution in [0, 0.1) is 12.7 Å². The number of benzene rings is 2. The lowest BCUT2D eigenvalue weighted by Crippen LogP contribution is -2.50. The first-order chi connectivity index (χ1) is 14.3. The Kier molecular flexibility index (Phi) is 7.31. The molecule has 2 aromatic carbocycles. The molecule has 1 aliphatic heterocycles. The first kappa shape index (κ1) is 22.5. The second kappa shape index (κ2) is 9.75. The lowest BCUT2D eigenvalue weighted by atomic mass is 9.91. The summed E-state index contributed by atoms with van der Waals surface area (Å²) in [6, 6.07) is 10.4. The van der Waals surface area contributed by atoms with Crippen molar-refractivity contribution < 1.29 is 24.1 Å². The molecule has 0 bridgehead atoms. The summed E-state index contributed by atoms with van der Waals surface area (Å²) in [5.74, 6) is 0.946. The first-order valence-electron chi connectivity index (χ1n) is 10.2. The molecule has 0 saturated carbocycles. The zero-order valence-corrected chi connectivity index (χ0v) is 17.6. The molecule has 1 fully saturated rings. The number of likely N-dealkylation sites (tertiary alicyclic amines) is 1. The Morgan fingerprint density at radius 3 is 2.47 bits per heavy atom. The number of piperidine rings is 1. The number of nitrogens with zero attached hydrogens (tertiary/aromatic N) is 1. The fraction of sp³-hybridized carbons (Fsp3) is 0.478. The first-order valence-corrected chi connectivity index (χ1v) is 10.2. The molecule has 0 spiro atoms. The standard InChI is InChI=1S/C23H31FN2O4/c1-16-9-17(3-4-22(16)24)18-10-20(29-2)12-21(11-18)30-14-19(27)13-26-7-5-23(28,15-25)6-8-26/h3-4,9-12,19,27-28H,5-8,13-15,25H2,1-2H3. The van der Waals surface area contributed by atoms with E-state index in [0.717, 1.165) is 11.1 Å². The number of aliphatic hydroxyl groups excluding tert-OH is 1. The average molecular weight is 419 g/mol. The fourth-order valence-corrected chi connectivity index (χ4v) is 3.66. The van der Waals surface area contributed by atoms with E-state index >= 15 is 0 Å². The van der Waals surface area contributed by atoms with E-state index in [1.165, 1.54) is 6.07 Å². The summed E-state index contributed by atoms with van der Waals surface area (Å²) in [7, 11) is 1.58. The van der Waals surface area contributed by atoms with E-state index in [1.54, 1.807) is 32.2 Å². The maximum atomic E-state index is 13.6. The Labute approximate surface area is 177 Å². The van der Waals surface area contributed by atoms with Crippen LogP contribution in [0.1, 0.15) is 18.4 Å². The van der Waals surface area contributed by atoms with Crippen LogP contribution < -0.4 is 15.2 Å². The SMILES string of the molecule is COc1cc(OCC(O)CN2CCC(O)(CN)CC2)cc(-c2ccc(F)c(C)c2)c1. The highest BCUT2D eigenvalue weighted by Gasteiger charge is 2.31. The van der Waals surface area contributed by atoms with Crippen molar-refractivity contribution >= 4 is 0 Å². The van der Waals surface area contributed by atoms with Crippen molar-refractivity contribution in [3.8, 4) is 22.6 Å². The molecule has 3 rings (SSSR count). The number of aryl methyl sites for hydroxylation is 1. The van der Waals surface area contributed by atoms with Crippen LogP contribution in [0.3, 0.4) is 0 Å². The number of nitrogens with two attached hydrogens (primary N) is 1. The van der Waals surface area contributed by atoms with Gasteiger partial charge in [0.25, 0.3) is 0 Å². The minimum Gasteiger partial charge on any atom is -0.497 e. The molecule has 1 atom stereocenters. The van der Waals surface area contributed by atoms with Gasteiger partial charge in [-0.25, -0.2) is 4.39 Å². The predicted molar refractivity (Wildman–Crippen MR) is 114 cm³/mol. The van der Waals surface area contributed by atoms with Crippen molar-refractivity contribution in [1.82, 2.24) is 4.90 Å². The summed E-state index contributed by atoms with van der Waals surface area (Å²) in [5.41, 5.74) is 7.11. The summed E-state index contributed by atoms with van der Waals surface area (Å²) in [4.78, 5) is 2.11. The van der Waals surface area contributed by atoms with Gasteiger partial charge in [0, 0.05) is 32.2 Å². The molecule has 1 heterocycles. The van der Waals surface area contributed by atoms with Crippen LogP contribution in [0.25, 0.3) is 11.1 Å². The third-order valence-corrected chi connectivity index (χ3v) is 5.69. The molecule has 7 heteroatoms. The molecule has 30 heavy (non-hydrogen) atoms. The summed E-state index contributed by atoms with van der Waals surface area (Å²) in [5, 5.41) is 20.6. The second-order valence-corrected chi connectivity index (χ2v) is 8.06. The Morgan fingerprint density at radius 2 is 1.83 bits per heavy atom. The van der Waals surface area contributed by atoms with Crippen molar-refractivity contribution in [2.75, 3.05) is 39.9 Å². The quantitative estimate of drug-likeness (QED) is 0.610. The Bertz CT molecular complexity index is 853. The Balaban J connectivity index is 1.61. The maximum absolute atomic E-state index is 13.6. The van der Waals surface area contributed by atoms with Crippen molar-refractivity contribution in [3.63, 3.8) is 0 Å². The molecule has 4 N–H and O–H groups in total. The van der Waals surface area contributed by atoms with Crippen LogP contribution >= 0.6 is 0 Å². The van der Waals surface area contributed by atoms with Gasteiger partial charge >= 0.3 is 0 Å². The highest BCUT2D eigenvalue weighted by molar-refractivity contribution is 5.68. The smallest absolute Gasteiger partial charge is 0.126 e. The number of hydrogen-bond acceptors (Lipinski definition) is 6. The third kappa shape index (κ3) is 5.70. The molecule has 0 radical (unpaired) electrons. The van der Waals surface area contributed by atoms with Crippen LogP contribution in [-0.2, 0) is 0 Å².